The maximum absolute atomic E-state index is 10.8. The average Bonchev–Trinajstić information content (AvgIpc) is 2.71. The third kappa shape index (κ3) is 3.38. The quantitative estimate of drug-likeness (QED) is 0.756. The molecule has 1 aliphatic carbocycles. The Morgan fingerprint density at radius 3 is 2.29 bits per heavy atom. The molecule has 0 aromatic rings. The SMILES string of the molecule is C/C(Cl)=C(/Cl)C(C)C(NC=O)C1(C)CCCC1. The second kappa shape index (κ2) is 6.10. The second-order valence-corrected chi connectivity index (χ2v) is 6.27. The second-order valence-electron chi connectivity index (χ2n) is 5.29. The highest BCUT2D eigenvalue weighted by molar-refractivity contribution is 6.39. The minimum Gasteiger partial charge on any atom is -0.355 e. The smallest absolute Gasteiger partial charge is 0.207 e. The zero-order valence-electron chi connectivity index (χ0n) is 10.7. The van der Waals surface area contributed by atoms with Crippen molar-refractivity contribution in [2.24, 2.45) is 11.3 Å². The number of halogens is 2. The van der Waals surface area contributed by atoms with E-state index in [0.29, 0.717) is 10.1 Å². The molecular formula is C13H21Cl2NO. The van der Waals surface area contributed by atoms with Gasteiger partial charge in [0.15, 0.2) is 0 Å². The molecule has 1 saturated carbocycles. The standard InChI is InChI=1S/C13H21Cl2NO/c1-9(11(15)10(2)14)12(16-8-17)13(3)6-4-5-7-13/h8-9,12H,4-7H2,1-3H3,(H,16,17)/b11-10-. The molecule has 0 saturated heterocycles. The molecule has 0 bridgehead atoms. The van der Waals surface area contributed by atoms with Gasteiger partial charge < -0.3 is 5.32 Å². The average molecular weight is 278 g/mol. The van der Waals surface area contributed by atoms with Crippen LogP contribution < -0.4 is 5.32 Å². The van der Waals surface area contributed by atoms with E-state index in [1.807, 2.05) is 6.92 Å². The van der Waals surface area contributed by atoms with Crippen LogP contribution in [0.25, 0.3) is 0 Å². The molecule has 1 rings (SSSR count). The summed E-state index contributed by atoms with van der Waals surface area (Å²) in [4.78, 5) is 10.8. The van der Waals surface area contributed by atoms with Gasteiger partial charge in [0.05, 0.1) is 0 Å². The van der Waals surface area contributed by atoms with Crippen molar-refractivity contribution >= 4 is 29.6 Å². The highest BCUT2D eigenvalue weighted by Crippen LogP contribution is 2.44. The van der Waals surface area contributed by atoms with E-state index in [-0.39, 0.29) is 17.4 Å². The van der Waals surface area contributed by atoms with Crippen molar-refractivity contribution in [3.63, 3.8) is 0 Å². The third-order valence-corrected chi connectivity index (χ3v) is 4.90. The fraction of sp³-hybridized carbons (Fsp3) is 0.769. The van der Waals surface area contributed by atoms with Crippen LogP contribution >= 0.6 is 23.2 Å². The number of rotatable bonds is 5. The molecule has 0 aromatic heterocycles. The van der Waals surface area contributed by atoms with Gasteiger partial charge in [-0.25, -0.2) is 0 Å². The molecule has 0 aromatic carbocycles. The Morgan fingerprint density at radius 2 is 1.88 bits per heavy atom. The lowest BCUT2D eigenvalue weighted by atomic mass is 9.75. The monoisotopic (exact) mass is 277 g/mol. The first-order valence-electron chi connectivity index (χ1n) is 6.14. The van der Waals surface area contributed by atoms with Crippen LogP contribution in [0.4, 0.5) is 0 Å². The molecule has 1 amide bonds. The zero-order chi connectivity index (χ0) is 13.1. The van der Waals surface area contributed by atoms with Gasteiger partial charge in [-0.1, -0.05) is 49.9 Å². The van der Waals surface area contributed by atoms with Crippen molar-refractivity contribution in [3.8, 4) is 0 Å². The third-order valence-electron chi connectivity index (χ3n) is 3.97. The Morgan fingerprint density at radius 1 is 1.35 bits per heavy atom. The van der Waals surface area contributed by atoms with Crippen LogP contribution in [0, 0.1) is 11.3 Å². The summed E-state index contributed by atoms with van der Waals surface area (Å²) < 4.78 is 0. The number of allylic oxidation sites excluding steroid dienone is 1. The van der Waals surface area contributed by atoms with Crippen LogP contribution in [0.3, 0.4) is 0 Å². The van der Waals surface area contributed by atoms with Crippen LogP contribution in [-0.4, -0.2) is 12.5 Å². The number of amides is 1. The number of hydrogen-bond donors (Lipinski definition) is 1. The van der Waals surface area contributed by atoms with Crippen molar-refractivity contribution < 1.29 is 4.79 Å². The molecule has 2 unspecified atom stereocenters. The Labute approximate surface area is 114 Å². The van der Waals surface area contributed by atoms with E-state index >= 15 is 0 Å². The number of carbonyl (C=O) groups is 1. The van der Waals surface area contributed by atoms with E-state index in [0.717, 1.165) is 19.3 Å². The van der Waals surface area contributed by atoms with Gasteiger partial charge in [0.2, 0.25) is 6.41 Å². The van der Waals surface area contributed by atoms with E-state index in [2.05, 4.69) is 12.2 Å². The predicted molar refractivity (Wildman–Crippen MR) is 73.1 cm³/mol. The molecule has 17 heavy (non-hydrogen) atoms. The van der Waals surface area contributed by atoms with Gasteiger partial charge >= 0.3 is 0 Å². The first kappa shape index (κ1) is 14.8. The zero-order valence-corrected chi connectivity index (χ0v) is 12.2. The minimum atomic E-state index is 0.0578. The summed E-state index contributed by atoms with van der Waals surface area (Å²) in [5.74, 6) is 0.0578. The number of carbonyl (C=O) groups excluding carboxylic acids is 1. The topological polar surface area (TPSA) is 29.1 Å². The van der Waals surface area contributed by atoms with Crippen molar-refractivity contribution in [2.75, 3.05) is 0 Å². The van der Waals surface area contributed by atoms with E-state index in [4.69, 9.17) is 23.2 Å². The molecule has 2 nitrogen and oxygen atoms in total. The fourth-order valence-electron chi connectivity index (χ4n) is 2.98. The lowest BCUT2D eigenvalue weighted by Gasteiger charge is -2.38. The molecule has 0 radical (unpaired) electrons. The van der Waals surface area contributed by atoms with E-state index < -0.39 is 0 Å². The van der Waals surface area contributed by atoms with Crippen LogP contribution in [-0.2, 0) is 4.79 Å². The molecule has 1 aliphatic rings. The molecule has 0 aliphatic heterocycles. The maximum Gasteiger partial charge on any atom is 0.207 e. The molecule has 1 fully saturated rings. The van der Waals surface area contributed by atoms with E-state index in [1.165, 1.54) is 12.8 Å². The minimum absolute atomic E-state index is 0.0578. The van der Waals surface area contributed by atoms with Gasteiger partial charge in [0.1, 0.15) is 0 Å². The summed E-state index contributed by atoms with van der Waals surface area (Å²) in [5.41, 5.74) is 0.132. The summed E-state index contributed by atoms with van der Waals surface area (Å²) in [6.07, 6.45) is 5.49. The lowest BCUT2D eigenvalue weighted by molar-refractivity contribution is -0.111. The van der Waals surface area contributed by atoms with Gasteiger partial charge in [0, 0.05) is 22.0 Å². The van der Waals surface area contributed by atoms with Crippen molar-refractivity contribution in [2.45, 2.75) is 52.5 Å². The molecule has 4 heteroatoms. The number of hydrogen-bond acceptors (Lipinski definition) is 1. The van der Waals surface area contributed by atoms with Gasteiger partial charge in [-0.2, -0.15) is 0 Å². The summed E-state index contributed by atoms with van der Waals surface area (Å²) in [5, 5.41) is 4.20. The van der Waals surface area contributed by atoms with Crippen LogP contribution in [0.2, 0.25) is 0 Å². The maximum atomic E-state index is 10.8. The fourth-order valence-corrected chi connectivity index (χ4v) is 3.27. The van der Waals surface area contributed by atoms with Crippen LogP contribution in [0.5, 0.6) is 0 Å². The molecule has 0 spiro atoms. The normalized spacial score (nSPS) is 23.8. The Balaban J connectivity index is 2.92. The summed E-state index contributed by atoms with van der Waals surface area (Å²) in [6.45, 7) is 6.04. The highest BCUT2D eigenvalue weighted by Gasteiger charge is 2.40. The first-order chi connectivity index (χ1) is 7.92. The van der Waals surface area contributed by atoms with Gasteiger partial charge in [-0.15, -0.1) is 0 Å². The van der Waals surface area contributed by atoms with Crippen molar-refractivity contribution in [3.05, 3.63) is 10.1 Å². The molecule has 0 heterocycles. The lowest BCUT2D eigenvalue weighted by Crippen LogP contribution is -2.46. The van der Waals surface area contributed by atoms with Crippen LogP contribution in [0.15, 0.2) is 10.1 Å². The first-order valence-corrected chi connectivity index (χ1v) is 6.89. The molecular weight excluding hydrogens is 257 g/mol. The van der Waals surface area contributed by atoms with E-state index in [1.54, 1.807) is 6.92 Å². The summed E-state index contributed by atoms with van der Waals surface area (Å²) >= 11 is 12.2. The van der Waals surface area contributed by atoms with Gasteiger partial charge in [-0.3, -0.25) is 4.79 Å². The summed E-state index contributed by atoms with van der Waals surface area (Å²) in [6, 6.07) is 0.0590. The predicted octanol–water partition coefficient (Wildman–Crippen LogP) is 4.03. The van der Waals surface area contributed by atoms with Crippen molar-refractivity contribution in [1.29, 1.82) is 0 Å². The Hall–Kier alpha value is -0.210. The molecule has 1 N–H and O–H groups in total. The Bertz CT molecular complexity index is 305. The Kier molecular flexibility index (Phi) is 5.33. The largest absolute Gasteiger partial charge is 0.355 e. The molecule has 98 valence electrons. The summed E-state index contributed by atoms with van der Waals surface area (Å²) in [7, 11) is 0. The van der Waals surface area contributed by atoms with Crippen LogP contribution in [0.1, 0.15) is 46.5 Å². The van der Waals surface area contributed by atoms with E-state index in [9.17, 15) is 4.79 Å². The highest BCUT2D eigenvalue weighted by atomic mass is 35.5. The number of nitrogens with one attached hydrogen (secondary N) is 1. The van der Waals surface area contributed by atoms with Gasteiger partial charge in [-0.05, 0) is 25.2 Å². The van der Waals surface area contributed by atoms with Crippen molar-refractivity contribution in [1.82, 2.24) is 5.32 Å². The molecule has 2 atom stereocenters. The van der Waals surface area contributed by atoms with Gasteiger partial charge in [0.25, 0.3) is 0 Å².